The number of rotatable bonds is 3. The molecule has 26 heavy (non-hydrogen) atoms. The highest BCUT2D eigenvalue weighted by Gasteiger charge is 2.37. The first-order valence-electron chi connectivity index (χ1n) is 8.83. The molecule has 1 amide bonds. The monoisotopic (exact) mass is 350 g/mol. The molecule has 1 aromatic carbocycles. The molecule has 4 rings (SSSR count). The fourth-order valence-electron chi connectivity index (χ4n) is 3.52. The number of aromatic nitrogens is 5. The number of hydrogen-bond acceptors (Lipinski definition) is 4. The number of benzene rings is 1. The summed E-state index contributed by atoms with van der Waals surface area (Å²) in [4.78, 5) is 23.9. The number of carbonyl (C=O) groups is 1. The molecule has 134 valence electrons. The van der Waals surface area contributed by atoms with Crippen LogP contribution in [0.5, 0.6) is 0 Å². The van der Waals surface area contributed by atoms with Crippen molar-refractivity contribution >= 4 is 5.91 Å². The number of fused-ring (bicyclic) bond motifs is 1. The highest BCUT2D eigenvalue weighted by molar-refractivity contribution is 5.92. The number of carbonyl (C=O) groups excluding carboxylic acids is 1. The molecule has 1 aliphatic rings. The lowest BCUT2D eigenvalue weighted by Gasteiger charge is -2.37. The quantitative estimate of drug-likeness (QED) is 0.728. The predicted molar refractivity (Wildman–Crippen MR) is 97.3 cm³/mol. The molecular weight excluding hydrogens is 328 g/mol. The summed E-state index contributed by atoms with van der Waals surface area (Å²) in [6.45, 7) is 5.47. The third kappa shape index (κ3) is 2.69. The Hall–Kier alpha value is -2.96. The van der Waals surface area contributed by atoms with Crippen molar-refractivity contribution in [2.24, 2.45) is 13.0 Å². The van der Waals surface area contributed by atoms with Gasteiger partial charge in [0.25, 0.3) is 5.91 Å². The number of imidazole rings is 1. The van der Waals surface area contributed by atoms with Gasteiger partial charge < -0.3 is 9.47 Å². The third-order valence-electron chi connectivity index (χ3n) is 4.81. The maximum absolute atomic E-state index is 13.1. The Morgan fingerprint density at radius 2 is 1.96 bits per heavy atom. The van der Waals surface area contributed by atoms with Crippen molar-refractivity contribution in [2.75, 3.05) is 6.54 Å². The molecule has 0 N–H and O–H groups in total. The Morgan fingerprint density at radius 1 is 1.19 bits per heavy atom. The highest BCUT2D eigenvalue weighted by Crippen LogP contribution is 2.33. The van der Waals surface area contributed by atoms with E-state index in [1.165, 1.54) is 0 Å². The predicted octanol–water partition coefficient (Wildman–Crippen LogP) is 2.53. The SMILES string of the molecule is CC(C)[C@H]1c2nc(-c3ccccc3)nn2CCN1C(=O)c1cncn1C. The Kier molecular flexibility index (Phi) is 4.06. The van der Waals surface area contributed by atoms with Crippen molar-refractivity contribution in [1.82, 2.24) is 29.2 Å². The van der Waals surface area contributed by atoms with Gasteiger partial charge in [-0.15, -0.1) is 0 Å². The van der Waals surface area contributed by atoms with Crippen LogP contribution in [-0.4, -0.2) is 41.7 Å². The Morgan fingerprint density at radius 3 is 2.62 bits per heavy atom. The molecule has 3 heterocycles. The first-order chi connectivity index (χ1) is 12.6. The molecule has 0 saturated heterocycles. The van der Waals surface area contributed by atoms with Crippen molar-refractivity contribution in [3.8, 4) is 11.4 Å². The van der Waals surface area contributed by atoms with Gasteiger partial charge in [-0.1, -0.05) is 44.2 Å². The van der Waals surface area contributed by atoms with Crippen molar-refractivity contribution in [3.05, 3.63) is 54.4 Å². The van der Waals surface area contributed by atoms with Crippen LogP contribution in [0, 0.1) is 5.92 Å². The van der Waals surface area contributed by atoms with Crippen LogP contribution in [0.15, 0.2) is 42.9 Å². The van der Waals surface area contributed by atoms with Gasteiger partial charge in [0.2, 0.25) is 0 Å². The van der Waals surface area contributed by atoms with E-state index in [-0.39, 0.29) is 17.9 Å². The van der Waals surface area contributed by atoms with Gasteiger partial charge in [-0.2, -0.15) is 5.10 Å². The number of hydrogen-bond donors (Lipinski definition) is 0. The molecule has 0 saturated carbocycles. The van der Waals surface area contributed by atoms with Crippen molar-refractivity contribution in [1.29, 1.82) is 0 Å². The van der Waals surface area contributed by atoms with E-state index >= 15 is 0 Å². The molecule has 0 fully saturated rings. The van der Waals surface area contributed by atoms with Crippen LogP contribution in [0.2, 0.25) is 0 Å². The van der Waals surface area contributed by atoms with Gasteiger partial charge in [-0.25, -0.2) is 14.6 Å². The van der Waals surface area contributed by atoms with Crippen LogP contribution in [0.25, 0.3) is 11.4 Å². The molecule has 3 aromatic rings. The Labute approximate surface area is 152 Å². The summed E-state index contributed by atoms with van der Waals surface area (Å²) in [5, 5.41) is 4.68. The van der Waals surface area contributed by atoms with E-state index in [1.807, 2.05) is 47.0 Å². The molecule has 0 radical (unpaired) electrons. The summed E-state index contributed by atoms with van der Waals surface area (Å²) < 4.78 is 3.70. The van der Waals surface area contributed by atoms with E-state index in [2.05, 4.69) is 23.9 Å². The summed E-state index contributed by atoms with van der Waals surface area (Å²) in [5.41, 5.74) is 1.58. The number of aryl methyl sites for hydroxylation is 1. The minimum absolute atomic E-state index is 0.0146. The van der Waals surface area contributed by atoms with Gasteiger partial charge in [0.05, 0.1) is 25.1 Å². The Balaban J connectivity index is 1.73. The standard InChI is InChI=1S/C19H22N6O/c1-13(2)16-18-21-17(14-7-5-4-6-8-14)22-25(18)10-9-24(16)19(26)15-11-20-12-23(15)3/h4-8,11-13,16H,9-10H2,1-3H3/t16-/m0/s1. The summed E-state index contributed by atoms with van der Waals surface area (Å²) >= 11 is 0. The van der Waals surface area contributed by atoms with E-state index in [4.69, 9.17) is 4.98 Å². The van der Waals surface area contributed by atoms with Crippen molar-refractivity contribution < 1.29 is 4.79 Å². The van der Waals surface area contributed by atoms with Gasteiger partial charge in [-0.05, 0) is 5.92 Å². The smallest absolute Gasteiger partial charge is 0.272 e. The molecule has 1 atom stereocenters. The summed E-state index contributed by atoms with van der Waals surface area (Å²) in [6, 6.07) is 9.83. The lowest BCUT2D eigenvalue weighted by Crippen LogP contribution is -2.45. The van der Waals surface area contributed by atoms with Crippen LogP contribution in [0.1, 0.15) is 36.2 Å². The summed E-state index contributed by atoms with van der Waals surface area (Å²) in [5.74, 6) is 1.76. The second-order valence-corrected chi connectivity index (χ2v) is 6.96. The van der Waals surface area contributed by atoms with Gasteiger partial charge in [-0.3, -0.25) is 4.79 Å². The van der Waals surface area contributed by atoms with Crippen LogP contribution < -0.4 is 0 Å². The fraction of sp³-hybridized carbons (Fsp3) is 0.368. The van der Waals surface area contributed by atoms with Crippen LogP contribution in [-0.2, 0) is 13.6 Å². The largest absolute Gasteiger partial charge is 0.330 e. The maximum atomic E-state index is 13.1. The average molecular weight is 350 g/mol. The number of nitrogens with zero attached hydrogens (tertiary/aromatic N) is 6. The lowest BCUT2D eigenvalue weighted by atomic mass is 9.99. The lowest BCUT2D eigenvalue weighted by molar-refractivity contribution is 0.0527. The second-order valence-electron chi connectivity index (χ2n) is 6.96. The second kappa shape index (κ2) is 6.40. The van der Waals surface area contributed by atoms with E-state index in [0.29, 0.717) is 24.6 Å². The summed E-state index contributed by atoms with van der Waals surface area (Å²) in [7, 11) is 1.84. The molecular formula is C19H22N6O. The van der Waals surface area contributed by atoms with Crippen LogP contribution >= 0.6 is 0 Å². The number of amides is 1. The van der Waals surface area contributed by atoms with E-state index in [0.717, 1.165) is 11.4 Å². The zero-order chi connectivity index (χ0) is 18.3. The van der Waals surface area contributed by atoms with E-state index in [1.54, 1.807) is 17.1 Å². The van der Waals surface area contributed by atoms with Gasteiger partial charge >= 0.3 is 0 Å². The molecule has 0 spiro atoms. The van der Waals surface area contributed by atoms with Crippen molar-refractivity contribution in [2.45, 2.75) is 26.4 Å². The molecule has 0 bridgehead atoms. The van der Waals surface area contributed by atoms with Gasteiger partial charge in [0.15, 0.2) is 11.6 Å². The first kappa shape index (κ1) is 16.5. The first-order valence-corrected chi connectivity index (χ1v) is 8.83. The van der Waals surface area contributed by atoms with E-state index < -0.39 is 0 Å². The van der Waals surface area contributed by atoms with Crippen LogP contribution in [0.3, 0.4) is 0 Å². The Bertz CT molecular complexity index is 927. The van der Waals surface area contributed by atoms with Gasteiger partial charge in [0, 0.05) is 19.2 Å². The van der Waals surface area contributed by atoms with Gasteiger partial charge in [0.1, 0.15) is 5.69 Å². The third-order valence-corrected chi connectivity index (χ3v) is 4.81. The average Bonchev–Trinajstić information content (AvgIpc) is 3.26. The normalized spacial score (nSPS) is 16.8. The molecule has 2 aromatic heterocycles. The molecule has 0 unspecified atom stereocenters. The fourth-order valence-corrected chi connectivity index (χ4v) is 3.52. The maximum Gasteiger partial charge on any atom is 0.272 e. The molecule has 7 heteroatoms. The molecule has 7 nitrogen and oxygen atoms in total. The zero-order valence-corrected chi connectivity index (χ0v) is 15.2. The minimum atomic E-state index is -0.115. The molecule has 1 aliphatic heterocycles. The topological polar surface area (TPSA) is 68.8 Å². The van der Waals surface area contributed by atoms with Crippen molar-refractivity contribution in [3.63, 3.8) is 0 Å². The highest BCUT2D eigenvalue weighted by atomic mass is 16.2. The zero-order valence-electron chi connectivity index (χ0n) is 15.2. The summed E-state index contributed by atoms with van der Waals surface area (Å²) in [6.07, 6.45) is 3.27. The molecule has 0 aliphatic carbocycles. The minimum Gasteiger partial charge on any atom is -0.330 e. The van der Waals surface area contributed by atoms with E-state index in [9.17, 15) is 4.79 Å². The van der Waals surface area contributed by atoms with Crippen LogP contribution in [0.4, 0.5) is 0 Å².